The van der Waals surface area contributed by atoms with Crippen LogP contribution in [0.25, 0.3) is 0 Å². The molecule has 1 unspecified atom stereocenters. The second-order valence-corrected chi connectivity index (χ2v) is 5.63. The first-order valence-electron chi connectivity index (χ1n) is 6.52. The summed E-state index contributed by atoms with van der Waals surface area (Å²) in [6, 6.07) is 4.15. The van der Waals surface area contributed by atoms with Gasteiger partial charge in [0, 0.05) is 22.7 Å². The van der Waals surface area contributed by atoms with E-state index in [4.69, 9.17) is 10.5 Å². The molecule has 1 aromatic carbocycles. The molecular formula is C14H19BrN2O2. The zero-order chi connectivity index (χ0) is 14.0. The predicted octanol–water partition coefficient (Wildman–Crippen LogP) is 3.20. The summed E-state index contributed by atoms with van der Waals surface area (Å²) in [7, 11) is 1.37. The second kappa shape index (κ2) is 5.82. The molecule has 1 atom stereocenters. The molecule has 0 amide bonds. The molecule has 4 nitrogen and oxygen atoms in total. The number of benzene rings is 1. The van der Waals surface area contributed by atoms with Crippen LogP contribution in [0, 0.1) is 0 Å². The minimum Gasteiger partial charge on any atom is -0.465 e. The van der Waals surface area contributed by atoms with Crippen LogP contribution >= 0.6 is 15.9 Å². The lowest BCUT2D eigenvalue weighted by Crippen LogP contribution is -2.29. The van der Waals surface area contributed by atoms with E-state index in [0.717, 1.165) is 23.1 Å². The second-order valence-electron chi connectivity index (χ2n) is 4.78. The van der Waals surface area contributed by atoms with Gasteiger partial charge in [0.2, 0.25) is 0 Å². The first kappa shape index (κ1) is 14.2. The van der Waals surface area contributed by atoms with Gasteiger partial charge in [0.05, 0.1) is 18.4 Å². The summed E-state index contributed by atoms with van der Waals surface area (Å²) in [6.45, 7) is 3.21. The number of hydrogen-bond donors (Lipinski definition) is 1. The fourth-order valence-electron chi connectivity index (χ4n) is 2.66. The molecule has 0 bridgehead atoms. The molecule has 0 saturated carbocycles. The topological polar surface area (TPSA) is 55.6 Å². The Bertz CT molecular complexity index is 491. The summed E-state index contributed by atoms with van der Waals surface area (Å²) in [5, 5.41) is 0. The average molecular weight is 327 g/mol. The maximum absolute atomic E-state index is 11.7. The molecule has 19 heavy (non-hydrogen) atoms. The fraction of sp³-hybridized carbons (Fsp3) is 0.500. The number of anilines is 2. The van der Waals surface area contributed by atoms with Crippen molar-refractivity contribution >= 4 is 33.3 Å². The number of nitrogens with zero attached hydrogens (tertiary/aromatic N) is 1. The van der Waals surface area contributed by atoms with Gasteiger partial charge in [-0.2, -0.15) is 0 Å². The Labute approximate surface area is 122 Å². The summed E-state index contributed by atoms with van der Waals surface area (Å²) in [5.74, 6) is -0.390. The number of methoxy groups -OCH3 is 1. The van der Waals surface area contributed by atoms with Gasteiger partial charge in [-0.15, -0.1) is 0 Å². The minimum atomic E-state index is -0.390. The highest BCUT2D eigenvalue weighted by atomic mass is 79.9. The Kier molecular flexibility index (Phi) is 4.34. The van der Waals surface area contributed by atoms with Crippen LogP contribution in [-0.2, 0) is 4.74 Å². The van der Waals surface area contributed by atoms with E-state index in [1.54, 1.807) is 6.07 Å². The Morgan fingerprint density at radius 2 is 2.32 bits per heavy atom. The maximum Gasteiger partial charge on any atom is 0.340 e. The molecule has 1 aromatic rings. The lowest BCUT2D eigenvalue weighted by atomic mass is 10.1. The number of hydrogen-bond acceptors (Lipinski definition) is 4. The molecule has 1 heterocycles. The first-order chi connectivity index (χ1) is 9.08. The predicted molar refractivity (Wildman–Crippen MR) is 80.6 cm³/mol. The molecule has 0 aromatic heterocycles. The number of esters is 1. The van der Waals surface area contributed by atoms with Gasteiger partial charge in [-0.05, 0) is 47.3 Å². The Morgan fingerprint density at radius 1 is 1.58 bits per heavy atom. The Hall–Kier alpha value is -1.23. The highest BCUT2D eigenvalue weighted by molar-refractivity contribution is 9.10. The smallest absolute Gasteiger partial charge is 0.340 e. The molecule has 1 aliphatic rings. The van der Waals surface area contributed by atoms with Crippen molar-refractivity contribution in [2.45, 2.75) is 32.2 Å². The largest absolute Gasteiger partial charge is 0.465 e. The van der Waals surface area contributed by atoms with Crippen LogP contribution < -0.4 is 10.6 Å². The molecule has 0 spiro atoms. The number of nitrogens with two attached hydrogens (primary N) is 1. The van der Waals surface area contributed by atoms with Crippen LogP contribution in [0.3, 0.4) is 0 Å². The normalized spacial score (nSPS) is 18.7. The Balaban J connectivity index is 2.42. The van der Waals surface area contributed by atoms with Crippen molar-refractivity contribution in [3.05, 3.63) is 22.2 Å². The molecular weight excluding hydrogens is 308 g/mol. The third-order valence-corrected chi connectivity index (χ3v) is 4.32. The number of ether oxygens (including phenoxy) is 1. The van der Waals surface area contributed by atoms with Crippen LogP contribution in [0.2, 0.25) is 0 Å². The molecule has 0 radical (unpaired) electrons. The summed E-state index contributed by atoms with van der Waals surface area (Å²) in [4.78, 5) is 14.1. The molecule has 1 fully saturated rings. The van der Waals surface area contributed by atoms with E-state index >= 15 is 0 Å². The highest BCUT2D eigenvalue weighted by Gasteiger charge is 2.26. The average Bonchev–Trinajstić information content (AvgIpc) is 2.86. The van der Waals surface area contributed by atoms with E-state index in [1.165, 1.54) is 20.0 Å². The summed E-state index contributed by atoms with van der Waals surface area (Å²) in [6.07, 6.45) is 3.48. The van der Waals surface area contributed by atoms with Crippen LogP contribution in [0.5, 0.6) is 0 Å². The van der Waals surface area contributed by atoms with Gasteiger partial charge in [-0.25, -0.2) is 4.79 Å². The van der Waals surface area contributed by atoms with Crippen molar-refractivity contribution in [1.82, 2.24) is 0 Å². The van der Waals surface area contributed by atoms with Gasteiger partial charge >= 0.3 is 5.97 Å². The quantitative estimate of drug-likeness (QED) is 0.684. The van der Waals surface area contributed by atoms with Crippen molar-refractivity contribution in [1.29, 1.82) is 0 Å². The molecule has 2 rings (SSSR count). The van der Waals surface area contributed by atoms with Crippen LogP contribution in [0.15, 0.2) is 16.6 Å². The van der Waals surface area contributed by atoms with E-state index < -0.39 is 5.97 Å². The zero-order valence-electron chi connectivity index (χ0n) is 11.3. The molecule has 1 aliphatic heterocycles. The van der Waals surface area contributed by atoms with Gasteiger partial charge in [-0.1, -0.05) is 6.92 Å². The molecule has 0 aliphatic carbocycles. The van der Waals surface area contributed by atoms with Gasteiger partial charge in [0.25, 0.3) is 0 Å². The van der Waals surface area contributed by atoms with Gasteiger partial charge in [0.1, 0.15) is 0 Å². The summed E-state index contributed by atoms with van der Waals surface area (Å²) >= 11 is 3.55. The van der Waals surface area contributed by atoms with Crippen LogP contribution in [0.1, 0.15) is 36.5 Å². The third kappa shape index (κ3) is 2.71. The number of carbonyl (C=O) groups excluding carboxylic acids is 1. The molecule has 104 valence electrons. The van der Waals surface area contributed by atoms with E-state index in [9.17, 15) is 4.79 Å². The van der Waals surface area contributed by atoms with Gasteiger partial charge < -0.3 is 15.4 Å². The summed E-state index contributed by atoms with van der Waals surface area (Å²) < 4.78 is 5.70. The molecule has 5 heteroatoms. The summed E-state index contributed by atoms with van der Waals surface area (Å²) in [5.41, 5.74) is 7.78. The van der Waals surface area contributed by atoms with Crippen molar-refractivity contribution in [3.8, 4) is 0 Å². The van der Waals surface area contributed by atoms with Gasteiger partial charge in [0.15, 0.2) is 0 Å². The highest BCUT2D eigenvalue weighted by Crippen LogP contribution is 2.36. The van der Waals surface area contributed by atoms with Gasteiger partial charge in [-0.3, -0.25) is 0 Å². The Morgan fingerprint density at radius 3 is 2.95 bits per heavy atom. The lowest BCUT2D eigenvalue weighted by molar-refractivity contribution is 0.0602. The molecule has 1 saturated heterocycles. The number of halogens is 1. The maximum atomic E-state index is 11.7. The minimum absolute atomic E-state index is 0.390. The number of rotatable bonds is 3. The molecule has 2 N–H and O–H groups in total. The van der Waals surface area contributed by atoms with Crippen molar-refractivity contribution < 1.29 is 9.53 Å². The van der Waals surface area contributed by atoms with Crippen LogP contribution in [-0.4, -0.2) is 25.7 Å². The van der Waals surface area contributed by atoms with E-state index in [0.29, 0.717) is 17.3 Å². The lowest BCUT2D eigenvalue weighted by Gasteiger charge is -2.27. The van der Waals surface area contributed by atoms with E-state index in [-0.39, 0.29) is 0 Å². The third-order valence-electron chi connectivity index (χ3n) is 3.68. The SMILES string of the molecule is CCC1CCCN1c1cc(C(=O)OC)c(N)cc1Br. The van der Waals surface area contributed by atoms with Crippen molar-refractivity contribution in [2.75, 3.05) is 24.3 Å². The monoisotopic (exact) mass is 326 g/mol. The fourth-order valence-corrected chi connectivity index (χ4v) is 3.25. The van der Waals surface area contributed by atoms with Crippen molar-refractivity contribution in [2.24, 2.45) is 0 Å². The van der Waals surface area contributed by atoms with E-state index in [2.05, 4.69) is 27.8 Å². The number of nitrogen functional groups attached to an aromatic ring is 1. The first-order valence-corrected chi connectivity index (χ1v) is 7.31. The zero-order valence-corrected chi connectivity index (χ0v) is 12.9. The standard InChI is InChI=1S/C14H19BrN2O2/c1-3-9-5-4-6-17(9)13-7-10(14(18)19-2)12(16)8-11(13)15/h7-9H,3-6,16H2,1-2H3. The van der Waals surface area contributed by atoms with Crippen LogP contribution in [0.4, 0.5) is 11.4 Å². The van der Waals surface area contributed by atoms with E-state index in [1.807, 2.05) is 6.07 Å². The van der Waals surface area contributed by atoms with Crippen molar-refractivity contribution in [3.63, 3.8) is 0 Å². The number of carbonyl (C=O) groups is 1.